The molecule has 0 N–H and O–H groups in total. The highest BCUT2D eigenvalue weighted by atomic mass is 16.5. The van der Waals surface area contributed by atoms with Crippen LogP contribution >= 0.6 is 0 Å². The van der Waals surface area contributed by atoms with Crippen LogP contribution in [0.2, 0.25) is 0 Å². The molecule has 3 aliphatic carbocycles. The molecule has 4 rings (SSSR count). The van der Waals surface area contributed by atoms with Gasteiger partial charge in [0, 0.05) is 5.41 Å². The van der Waals surface area contributed by atoms with Gasteiger partial charge in [0.05, 0.1) is 5.92 Å². The van der Waals surface area contributed by atoms with E-state index in [-0.39, 0.29) is 11.9 Å². The van der Waals surface area contributed by atoms with E-state index >= 15 is 0 Å². The molecule has 1 saturated heterocycles. The van der Waals surface area contributed by atoms with Gasteiger partial charge in [-0.2, -0.15) is 0 Å². The zero-order valence-electron chi connectivity index (χ0n) is 7.66. The zero-order chi connectivity index (χ0) is 8.63. The van der Waals surface area contributed by atoms with Crippen molar-refractivity contribution in [2.45, 2.75) is 38.2 Å². The van der Waals surface area contributed by atoms with Gasteiger partial charge in [0.15, 0.2) is 0 Å². The normalized spacial score (nSPS) is 61.4. The molecule has 0 aromatic carbocycles. The van der Waals surface area contributed by atoms with E-state index in [9.17, 15) is 4.79 Å². The summed E-state index contributed by atoms with van der Waals surface area (Å²) in [5.41, 5.74) is 0.488. The van der Waals surface area contributed by atoms with Gasteiger partial charge in [-0.25, -0.2) is 0 Å². The van der Waals surface area contributed by atoms with Gasteiger partial charge in [-0.3, -0.25) is 4.79 Å². The molecule has 4 fully saturated rings. The van der Waals surface area contributed by atoms with Crippen molar-refractivity contribution in [3.63, 3.8) is 0 Å². The molecule has 1 spiro atoms. The Hall–Kier alpha value is -0.530. The molecule has 3 saturated carbocycles. The molecular formula is C11H14O2. The van der Waals surface area contributed by atoms with Gasteiger partial charge in [0.1, 0.15) is 6.10 Å². The molecule has 0 aromatic rings. The Kier molecular flexibility index (Phi) is 0.946. The molecule has 3 bridgehead atoms. The molecule has 1 heterocycles. The number of ether oxygens (including phenoxy) is 1. The lowest BCUT2D eigenvalue weighted by molar-refractivity contribution is -0.211. The summed E-state index contributed by atoms with van der Waals surface area (Å²) >= 11 is 0. The van der Waals surface area contributed by atoms with E-state index in [4.69, 9.17) is 4.74 Å². The first-order chi connectivity index (χ1) is 6.28. The molecule has 5 atom stereocenters. The highest BCUT2D eigenvalue weighted by Gasteiger charge is 2.67. The summed E-state index contributed by atoms with van der Waals surface area (Å²) < 4.78 is 5.50. The van der Waals surface area contributed by atoms with Crippen LogP contribution in [0, 0.1) is 23.2 Å². The number of fused-ring (bicyclic) bond motifs is 2. The second-order valence-corrected chi connectivity index (χ2v) is 5.53. The molecule has 0 radical (unpaired) electrons. The summed E-state index contributed by atoms with van der Waals surface area (Å²) in [6, 6.07) is 0. The average molecular weight is 178 g/mol. The van der Waals surface area contributed by atoms with Crippen LogP contribution in [-0.2, 0) is 9.53 Å². The summed E-state index contributed by atoms with van der Waals surface area (Å²) in [7, 11) is 0. The predicted molar refractivity (Wildman–Crippen MR) is 45.9 cm³/mol. The molecule has 4 aliphatic rings. The number of rotatable bonds is 0. The first kappa shape index (κ1) is 6.86. The predicted octanol–water partition coefficient (Wildman–Crippen LogP) is 1.74. The maximum atomic E-state index is 11.5. The first-order valence-electron chi connectivity index (χ1n) is 5.48. The van der Waals surface area contributed by atoms with Crippen molar-refractivity contribution in [2.75, 3.05) is 0 Å². The Morgan fingerprint density at radius 3 is 3.08 bits per heavy atom. The molecule has 0 amide bonds. The maximum Gasteiger partial charge on any atom is 0.309 e. The van der Waals surface area contributed by atoms with Crippen molar-refractivity contribution in [1.29, 1.82) is 0 Å². The number of carbonyl (C=O) groups excluding carboxylic acids is 1. The van der Waals surface area contributed by atoms with Crippen LogP contribution in [-0.4, -0.2) is 12.1 Å². The summed E-state index contributed by atoms with van der Waals surface area (Å²) in [5, 5.41) is 0. The first-order valence-corrected chi connectivity index (χ1v) is 5.48. The van der Waals surface area contributed by atoms with E-state index in [0.29, 0.717) is 11.5 Å². The monoisotopic (exact) mass is 178 g/mol. The summed E-state index contributed by atoms with van der Waals surface area (Å²) in [6.45, 7) is 0. The highest BCUT2D eigenvalue weighted by Crippen LogP contribution is 2.69. The van der Waals surface area contributed by atoms with E-state index in [1.54, 1.807) is 0 Å². The van der Waals surface area contributed by atoms with Gasteiger partial charge in [-0.1, -0.05) is 0 Å². The lowest BCUT2D eigenvalue weighted by atomic mass is 9.53. The summed E-state index contributed by atoms with van der Waals surface area (Å²) in [4.78, 5) is 11.5. The van der Waals surface area contributed by atoms with Crippen molar-refractivity contribution in [1.82, 2.24) is 0 Å². The quantitative estimate of drug-likeness (QED) is 0.528. The molecule has 1 aliphatic heterocycles. The van der Waals surface area contributed by atoms with Crippen molar-refractivity contribution in [2.24, 2.45) is 23.2 Å². The van der Waals surface area contributed by atoms with E-state index in [1.807, 2.05) is 0 Å². The minimum Gasteiger partial charge on any atom is -0.462 e. The van der Waals surface area contributed by atoms with E-state index in [1.165, 1.54) is 19.3 Å². The van der Waals surface area contributed by atoms with Crippen LogP contribution < -0.4 is 0 Å². The third-order valence-electron chi connectivity index (χ3n) is 5.08. The fourth-order valence-electron chi connectivity index (χ4n) is 4.57. The fraction of sp³-hybridized carbons (Fsp3) is 0.909. The SMILES string of the molecule is O=C1OC2CC3CC4CC1CC32C4. The van der Waals surface area contributed by atoms with Crippen molar-refractivity contribution < 1.29 is 9.53 Å². The Labute approximate surface area is 77.6 Å². The minimum absolute atomic E-state index is 0.116. The summed E-state index contributed by atoms with van der Waals surface area (Å²) in [6.07, 6.45) is 6.55. The second kappa shape index (κ2) is 1.79. The van der Waals surface area contributed by atoms with Gasteiger partial charge in [-0.05, 0) is 43.9 Å². The molecular weight excluding hydrogens is 164 g/mol. The number of carbonyl (C=O) groups is 1. The smallest absolute Gasteiger partial charge is 0.309 e. The Bertz CT molecular complexity index is 298. The molecule has 0 aromatic heterocycles. The second-order valence-electron chi connectivity index (χ2n) is 5.53. The standard InChI is InChI=1S/C11H14O2/c12-10-7-1-6-2-8-3-9(13-10)11(8,4-6)5-7/h6-9H,1-5H2. The van der Waals surface area contributed by atoms with Gasteiger partial charge in [-0.15, -0.1) is 0 Å². The largest absolute Gasteiger partial charge is 0.462 e. The lowest BCUT2D eigenvalue weighted by Crippen LogP contribution is -2.58. The Morgan fingerprint density at radius 1 is 1.23 bits per heavy atom. The molecule has 2 heteroatoms. The third-order valence-corrected chi connectivity index (χ3v) is 5.08. The van der Waals surface area contributed by atoms with Gasteiger partial charge < -0.3 is 4.74 Å². The number of esters is 1. The maximum absolute atomic E-state index is 11.5. The fourth-order valence-corrected chi connectivity index (χ4v) is 4.57. The molecule has 5 unspecified atom stereocenters. The van der Waals surface area contributed by atoms with Crippen molar-refractivity contribution in [3.05, 3.63) is 0 Å². The third kappa shape index (κ3) is 0.598. The topological polar surface area (TPSA) is 26.3 Å². The molecule has 2 nitrogen and oxygen atoms in total. The average Bonchev–Trinajstić information content (AvgIpc) is 2.34. The minimum atomic E-state index is 0.116. The highest BCUT2D eigenvalue weighted by molar-refractivity contribution is 5.74. The zero-order valence-corrected chi connectivity index (χ0v) is 7.66. The van der Waals surface area contributed by atoms with Crippen LogP contribution in [0.1, 0.15) is 32.1 Å². The van der Waals surface area contributed by atoms with Gasteiger partial charge in [0.2, 0.25) is 0 Å². The van der Waals surface area contributed by atoms with Crippen LogP contribution in [0.25, 0.3) is 0 Å². The Balaban J connectivity index is 1.83. The van der Waals surface area contributed by atoms with Crippen LogP contribution in [0.4, 0.5) is 0 Å². The van der Waals surface area contributed by atoms with Crippen LogP contribution in [0.5, 0.6) is 0 Å². The van der Waals surface area contributed by atoms with E-state index in [2.05, 4.69) is 0 Å². The number of hydrogen-bond donors (Lipinski definition) is 0. The van der Waals surface area contributed by atoms with Crippen LogP contribution in [0.3, 0.4) is 0 Å². The summed E-state index contributed by atoms with van der Waals surface area (Å²) in [5.74, 6) is 2.17. The van der Waals surface area contributed by atoms with Crippen molar-refractivity contribution >= 4 is 5.97 Å². The van der Waals surface area contributed by atoms with Crippen molar-refractivity contribution in [3.8, 4) is 0 Å². The van der Waals surface area contributed by atoms with E-state index < -0.39 is 0 Å². The van der Waals surface area contributed by atoms with Gasteiger partial charge in [0.25, 0.3) is 0 Å². The molecule has 13 heavy (non-hydrogen) atoms. The van der Waals surface area contributed by atoms with Crippen LogP contribution in [0.15, 0.2) is 0 Å². The Morgan fingerprint density at radius 2 is 2.15 bits per heavy atom. The lowest BCUT2D eigenvalue weighted by Gasteiger charge is -2.57. The molecule has 70 valence electrons. The number of hydrogen-bond acceptors (Lipinski definition) is 2. The van der Waals surface area contributed by atoms with E-state index in [0.717, 1.165) is 24.7 Å². The van der Waals surface area contributed by atoms with Gasteiger partial charge >= 0.3 is 5.97 Å².